The van der Waals surface area contributed by atoms with Crippen molar-refractivity contribution >= 4 is 17.9 Å². The Balaban J connectivity index is 1.97. The summed E-state index contributed by atoms with van der Waals surface area (Å²) >= 11 is 0. The van der Waals surface area contributed by atoms with Gasteiger partial charge in [-0.15, -0.1) is 6.42 Å². The van der Waals surface area contributed by atoms with Crippen molar-refractivity contribution < 1.29 is 19.1 Å². The van der Waals surface area contributed by atoms with Gasteiger partial charge in [-0.05, 0) is 70.4 Å². The van der Waals surface area contributed by atoms with Crippen LogP contribution in [0.2, 0.25) is 0 Å². The number of nitrogens with one attached hydrogen (secondary N) is 2. The predicted molar refractivity (Wildman–Crippen MR) is 145 cm³/mol. The van der Waals surface area contributed by atoms with Crippen LogP contribution in [-0.4, -0.2) is 46.5 Å². The molecule has 3 amide bonds. The average molecular weight is 510 g/mol. The highest BCUT2D eigenvalue weighted by atomic mass is 16.6. The van der Waals surface area contributed by atoms with Gasteiger partial charge in [0.2, 0.25) is 11.8 Å². The standard InChI is InChI=1S/C30H43N3O4/c1-7-21-13-11-12-16-24(21)26(27(34)31-22-14-9-8-10-15-22)33(23-17-18-23)28(35)25(19-20(2)3)32-29(36)37-30(4,5)6/h1,11-13,16,20,22-23,25-26H,8-10,14-15,17-19H2,2-6H3,(H,31,34)(H,32,36). The monoisotopic (exact) mass is 509 g/mol. The zero-order chi connectivity index (χ0) is 27.2. The third kappa shape index (κ3) is 8.24. The molecule has 2 atom stereocenters. The van der Waals surface area contributed by atoms with Crippen LogP contribution in [-0.2, 0) is 14.3 Å². The maximum absolute atomic E-state index is 14.2. The van der Waals surface area contributed by atoms with Crippen molar-refractivity contribution in [3.8, 4) is 12.3 Å². The van der Waals surface area contributed by atoms with Crippen molar-refractivity contribution in [1.29, 1.82) is 0 Å². The van der Waals surface area contributed by atoms with Crippen molar-refractivity contribution in [3.05, 3.63) is 35.4 Å². The largest absolute Gasteiger partial charge is 0.444 e. The molecule has 2 aliphatic rings. The number of terminal acetylenes is 1. The van der Waals surface area contributed by atoms with Gasteiger partial charge in [-0.3, -0.25) is 9.59 Å². The lowest BCUT2D eigenvalue weighted by Gasteiger charge is -2.36. The molecular weight excluding hydrogens is 466 g/mol. The topological polar surface area (TPSA) is 87.7 Å². The molecule has 0 aliphatic heterocycles. The number of carbonyl (C=O) groups is 3. The number of hydrogen-bond donors (Lipinski definition) is 2. The van der Waals surface area contributed by atoms with E-state index in [4.69, 9.17) is 11.2 Å². The smallest absolute Gasteiger partial charge is 0.408 e. The first kappa shape index (κ1) is 28.6. The molecule has 0 bridgehead atoms. The molecule has 0 aromatic heterocycles. The number of nitrogens with zero attached hydrogens (tertiary/aromatic N) is 1. The van der Waals surface area contributed by atoms with Gasteiger partial charge in [-0.1, -0.05) is 57.2 Å². The molecule has 0 saturated heterocycles. The molecule has 1 aromatic carbocycles. The normalized spacial score (nSPS) is 17.9. The molecule has 2 unspecified atom stereocenters. The second kappa shape index (κ2) is 12.5. The molecule has 3 rings (SSSR count). The molecule has 2 aliphatic carbocycles. The molecule has 37 heavy (non-hydrogen) atoms. The zero-order valence-corrected chi connectivity index (χ0v) is 23.0. The number of alkyl carbamates (subject to hydrolysis) is 1. The van der Waals surface area contributed by atoms with Crippen LogP contribution in [0.1, 0.15) is 103 Å². The Bertz CT molecular complexity index is 997. The highest BCUT2D eigenvalue weighted by molar-refractivity contribution is 5.93. The highest BCUT2D eigenvalue weighted by Gasteiger charge is 2.45. The van der Waals surface area contributed by atoms with Crippen LogP contribution in [0.4, 0.5) is 4.79 Å². The fourth-order valence-electron chi connectivity index (χ4n) is 5.00. The number of benzene rings is 1. The molecule has 2 fully saturated rings. The molecule has 0 spiro atoms. The van der Waals surface area contributed by atoms with E-state index in [9.17, 15) is 14.4 Å². The van der Waals surface area contributed by atoms with Crippen LogP contribution in [0.15, 0.2) is 24.3 Å². The van der Waals surface area contributed by atoms with Gasteiger partial charge in [0.25, 0.3) is 0 Å². The Labute approximate surface area is 222 Å². The molecule has 202 valence electrons. The molecule has 1 aromatic rings. The SMILES string of the molecule is C#Cc1ccccc1C(C(=O)NC1CCCCC1)N(C(=O)C(CC(C)C)NC(=O)OC(C)(C)C)C1CC1. The van der Waals surface area contributed by atoms with Crippen LogP contribution < -0.4 is 10.6 Å². The lowest BCUT2D eigenvalue weighted by atomic mass is 9.93. The summed E-state index contributed by atoms with van der Waals surface area (Å²) < 4.78 is 5.46. The van der Waals surface area contributed by atoms with Gasteiger partial charge in [0, 0.05) is 17.6 Å². The van der Waals surface area contributed by atoms with Gasteiger partial charge in [-0.25, -0.2) is 4.79 Å². The van der Waals surface area contributed by atoms with E-state index < -0.39 is 23.8 Å². The van der Waals surface area contributed by atoms with E-state index in [0.717, 1.165) is 38.5 Å². The third-order valence-electron chi connectivity index (χ3n) is 6.78. The van der Waals surface area contributed by atoms with Crippen LogP contribution in [0.25, 0.3) is 0 Å². The number of rotatable bonds is 9. The van der Waals surface area contributed by atoms with Crippen LogP contribution in [0, 0.1) is 18.3 Å². The summed E-state index contributed by atoms with van der Waals surface area (Å²) in [6.45, 7) is 9.35. The Morgan fingerprint density at radius 3 is 2.30 bits per heavy atom. The highest BCUT2D eigenvalue weighted by Crippen LogP contribution is 2.37. The van der Waals surface area contributed by atoms with Crippen molar-refractivity contribution in [1.82, 2.24) is 15.5 Å². The first-order valence-corrected chi connectivity index (χ1v) is 13.7. The minimum absolute atomic E-state index is 0.0873. The van der Waals surface area contributed by atoms with Crippen LogP contribution in [0.3, 0.4) is 0 Å². The van der Waals surface area contributed by atoms with Gasteiger partial charge >= 0.3 is 6.09 Å². The predicted octanol–water partition coefficient (Wildman–Crippen LogP) is 5.09. The summed E-state index contributed by atoms with van der Waals surface area (Å²) in [7, 11) is 0. The summed E-state index contributed by atoms with van der Waals surface area (Å²) in [5, 5.41) is 6.02. The molecule has 2 saturated carbocycles. The molecule has 0 heterocycles. The van der Waals surface area contributed by atoms with Gasteiger partial charge in [0.15, 0.2) is 0 Å². The van der Waals surface area contributed by atoms with E-state index in [-0.39, 0.29) is 29.8 Å². The van der Waals surface area contributed by atoms with E-state index in [1.807, 2.05) is 32.0 Å². The van der Waals surface area contributed by atoms with Crippen molar-refractivity contribution in [3.63, 3.8) is 0 Å². The van der Waals surface area contributed by atoms with Crippen molar-refractivity contribution in [2.45, 2.75) is 116 Å². The summed E-state index contributed by atoms with van der Waals surface area (Å²) in [5.41, 5.74) is 0.532. The van der Waals surface area contributed by atoms with Crippen LogP contribution >= 0.6 is 0 Å². The Morgan fingerprint density at radius 2 is 1.73 bits per heavy atom. The maximum atomic E-state index is 14.2. The van der Waals surface area contributed by atoms with Gasteiger partial charge in [-0.2, -0.15) is 0 Å². The maximum Gasteiger partial charge on any atom is 0.408 e. The summed E-state index contributed by atoms with van der Waals surface area (Å²) in [6.07, 6.45) is 12.4. The van der Waals surface area contributed by atoms with Gasteiger partial charge in [0.1, 0.15) is 17.7 Å². The zero-order valence-electron chi connectivity index (χ0n) is 23.0. The minimum Gasteiger partial charge on any atom is -0.444 e. The Kier molecular flexibility index (Phi) is 9.64. The van der Waals surface area contributed by atoms with E-state index in [0.29, 0.717) is 17.5 Å². The average Bonchev–Trinajstić information content (AvgIpc) is 3.66. The van der Waals surface area contributed by atoms with Crippen molar-refractivity contribution in [2.75, 3.05) is 0 Å². The van der Waals surface area contributed by atoms with Crippen LogP contribution in [0.5, 0.6) is 0 Å². The number of hydrogen-bond acceptors (Lipinski definition) is 4. The number of carbonyl (C=O) groups excluding carboxylic acids is 3. The van der Waals surface area contributed by atoms with E-state index in [2.05, 4.69) is 16.6 Å². The quantitative estimate of drug-likeness (QED) is 0.454. The molecule has 7 nitrogen and oxygen atoms in total. The Morgan fingerprint density at radius 1 is 1.08 bits per heavy atom. The number of amides is 3. The molecule has 2 N–H and O–H groups in total. The second-order valence-electron chi connectivity index (χ2n) is 11.8. The lowest BCUT2D eigenvalue weighted by Crippen LogP contribution is -2.55. The summed E-state index contributed by atoms with van der Waals surface area (Å²) in [6, 6.07) is 5.63. The Hall–Kier alpha value is -3.01. The second-order valence-corrected chi connectivity index (χ2v) is 11.8. The van der Waals surface area contributed by atoms with E-state index in [1.54, 1.807) is 31.7 Å². The fourth-order valence-corrected chi connectivity index (χ4v) is 5.00. The minimum atomic E-state index is -0.871. The molecular formula is C30H43N3O4. The number of ether oxygens (including phenoxy) is 1. The molecule has 7 heteroatoms. The van der Waals surface area contributed by atoms with Gasteiger partial charge < -0.3 is 20.3 Å². The lowest BCUT2D eigenvalue weighted by molar-refractivity contribution is -0.143. The third-order valence-corrected chi connectivity index (χ3v) is 6.78. The van der Waals surface area contributed by atoms with E-state index >= 15 is 0 Å². The fraction of sp³-hybridized carbons (Fsp3) is 0.633. The summed E-state index contributed by atoms with van der Waals surface area (Å²) in [4.78, 5) is 42.5. The molecule has 0 radical (unpaired) electrons. The van der Waals surface area contributed by atoms with E-state index in [1.165, 1.54) is 6.42 Å². The first-order chi connectivity index (χ1) is 17.5. The summed E-state index contributed by atoms with van der Waals surface area (Å²) in [5.74, 6) is 2.34. The van der Waals surface area contributed by atoms with Gasteiger partial charge in [0.05, 0.1) is 0 Å². The van der Waals surface area contributed by atoms with Crippen molar-refractivity contribution in [2.24, 2.45) is 5.92 Å². The first-order valence-electron chi connectivity index (χ1n) is 13.7.